The van der Waals surface area contributed by atoms with Crippen LogP contribution in [0.3, 0.4) is 0 Å². The molecule has 9 heteroatoms. The summed E-state index contributed by atoms with van der Waals surface area (Å²) in [5, 5.41) is 9.72. The number of guanidine groups is 1. The minimum atomic E-state index is -0.733. The van der Waals surface area contributed by atoms with E-state index in [0.717, 1.165) is 49.5 Å². The largest absolute Gasteiger partial charge is 0.453 e. The lowest BCUT2D eigenvalue weighted by atomic mass is 9.95. The summed E-state index contributed by atoms with van der Waals surface area (Å²) in [5.74, 6) is 1.51. The van der Waals surface area contributed by atoms with Crippen LogP contribution in [0, 0.1) is 0 Å². The van der Waals surface area contributed by atoms with Gasteiger partial charge in [0.1, 0.15) is 0 Å². The van der Waals surface area contributed by atoms with Crippen molar-refractivity contribution in [3.63, 3.8) is 0 Å². The van der Waals surface area contributed by atoms with Gasteiger partial charge in [0.2, 0.25) is 0 Å². The summed E-state index contributed by atoms with van der Waals surface area (Å²) >= 11 is 0. The van der Waals surface area contributed by atoms with Gasteiger partial charge in [-0.15, -0.1) is 24.0 Å². The number of anilines is 1. The highest BCUT2D eigenvalue weighted by molar-refractivity contribution is 14.0. The summed E-state index contributed by atoms with van der Waals surface area (Å²) in [6, 6.07) is 7.82. The Hall–Kier alpha value is -1.36. The van der Waals surface area contributed by atoms with Crippen LogP contribution in [0.1, 0.15) is 45.1 Å². The second-order valence-electron chi connectivity index (χ2n) is 6.81. The third kappa shape index (κ3) is 8.90. The molecule has 0 spiro atoms. The van der Waals surface area contributed by atoms with E-state index in [1.807, 2.05) is 38.1 Å². The molecule has 1 aromatic carbocycles. The van der Waals surface area contributed by atoms with Crippen LogP contribution in [-0.4, -0.2) is 47.0 Å². The van der Waals surface area contributed by atoms with Gasteiger partial charge in [0.25, 0.3) is 0 Å². The molecule has 3 unspecified atom stereocenters. The molecule has 1 fully saturated rings. The number of hydrogen-bond donors (Lipinski definition) is 3. The van der Waals surface area contributed by atoms with Gasteiger partial charge in [0.05, 0.1) is 13.7 Å². The van der Waals surface area contributed by atoms with Crippen LogP contribution in [0.15, 0.2) is 29.3 Å². The lowest BCUT2D eigenvalue weighted by Gasteiger charge is -2.30. The Balaban J connectivity index is 0.00000420. The number of nitrogens with one attached hydrogen (secondary N) is 3. The van der Waals surface area contributed by atoms with Crippen molar-refractivity contribution in [3.8, 4) is 0 Å². The Kier molecular flexibility index (Phi) is 12.2. The normalized spacial score (nSPS) is 20.2. The number of rotatable bonds is 7. The van der Waals surface area contributed by atoms with Crippen molar-refractivity contribution in [3.05, 3.63) is 29.8 Å². The third-order valence-electron chi connectivity index (χ3n) is 4.77. The van der Waals surface area contributed by atoms with Gasteiger partial charge in [-0.3, -0.25) is 9.53 Å². The molecule has 0 aliphatic heterocycles. The number of nitrogens with zero attached hydrogens (tertiary/aromatic N) is 1. The van der Waals surface area contributed by atoms with Crippen LogP contribution >= 0.6 is 24.0 Å². The number of hydrogen-bond acceptors (Lipinski definition) is 4. The van der Waals surface area contributed by atoms with Gasteiger partial charge in [0.15, 0.2) is 5.96 Å². The first kappa shape index (κ1) is 25.7. The van der Waals surface area contributed by atoms with Crippen molar-refractivity contribution in [2.24, 2.45) is 4.99 Å². The van der Waals surface area contributed by atoms with E-state index in [9.17, 15) is 9.00 Å². The molecule has 29 heavy (non-hydrogen) atoms. The molecule has 7 nitrogen and oxygen atoms in total. The van der Waals surface area contributed by atoms with Crippen molar-refractivity contribution >= 4 is 52.5 Å². The number of benzene rings is 1. The van der Waals surface area contributed by atoms with Crippen LogP contribution < -0.4 is 16.0 Å². The zero-order chi connectivity index (χ0) is 20.4. The van der Waals surface area contributed by atoms with E-state index in [2.05, 4.69) is 25.7 Å². The molecule has 0 aromatic heterocycles. The van der Waals surface area contributed by atoms with Crippen molar-refractivity contribution < 1.29 is 13.7 Å². The summed E-state index contributed by atoms with van der Waals surface area (Å²) < 4.78 is 16.7. The third-order valence-corrected chi connectivity index (χ3v) is 6.51. The summed E-state index contributed by atoms with van der Waals surface area (Å²) in [6.07, 6.45) is 3.67. The molecule has 1 saturated carbocycles. The number of ether oxygens (including phenoxy) is 1. The molecular formula is C20H33IN4O3S. The Morgan fingerprint density at radius 1 is 1.24 bits per heavy atom. The summed E-state index contributed by atoms with van der Waals surface area (Å²) in [6.45, 7) is 5.35. The summed E-state index contributed by atoms with van der Waals surface area (Å²) in [7, 11) is 0.603. The number of carbonyl (C=O) groups excluding carboxylic acids is 1. The minimum absolute atomic E-state index is 0. The Morgan fingerprint density at radius 3 is 2.59 bits per heavy atom. The van der Waals surface area contributed by atoms with E-state index in [0.29, 0.717) is 18.3 Å². The van der Waals surface area contributed by atoms with E-state index in [1.165, 1.54) is 7.11 Å². The van der Waals surface area contributed by atoms with Gasteiger partial charge in [0, 0.05) is 40.1 Å². The van der Waals surface area contributed by atoms with E-state index < -0.39 is 16.9 Å². The number of carbonyl (C=O) groups is 1. The lowest BCUT2D eigenvalue weighted by Crippen LogP contribution is -2.46. The van der Waals surface area contributed by atoms with Crippen LogP contribution in [-0.2, 0) is 22.1 Å². The number of halogens is 1. The fourth-order valence-corrected chi connectivity index (χ4v) is 4.64. The molecule has 0 heterocycles. The van der Waals surface area contributed by atoms with Gasteiger partial charge < -0.3 is 15.4 Å². The summed E-state index contributed by atoms with van der Waals surface area (Å²) in [5.41, 5.74) is 1.73. The second kappa shape index (κ2) is 13.8. The molecule has 1 amide bonds. The maximum Gasteiger partial charge on any atom is 0.411 e. The van der Waals surface area contributed by atoms with Crippen molar-refractivity contribution in [1.82, 2.24) is 10.6 Å². The molecule has 1 aromatic rings. The molecule has 164 valence electrons. The molecule has 0 bridgehead atoms. The molecule has 3 atom stereocenters. The predicted octanol–water partition coefficient (Wildman–Crippen LogP) is 3.62. The molecule has 3 N–H and O–H groups in total. The number of aliphatic imine (C=N–C) groups is 1. The molecule has 0 saturated heterocycles. The zero-order valence-electron chi connectivity index (χ0n) is 17.4. The van der Waals surface area contributed by atoms with Gasteiger partial charge in [-0.1, -0.05) is 25.5 Å². The highest BCUT2D eigenvalue weighted by atomic mass is 127. The zero-order valence-corrected chi connectivity index (χ0v) is 20.5. The maximum atomic E-state index is 12.2. The van der Waals surface area contributed by atoms with Crippen LogP contribution in [0.25, 0.3) is 0 Å². The number of methoxy groups -OCH3 is 1. The Bertz CT molecular complexity index is 685. The van der Waals surface area contributed by atoms with Crippen molar-refractivity contribution in [1.29, 1.82) is 0 Å². The highest BCUT2D eigenvalue weighted by Crippen LogP contribution is 2.23. The smallest absolute Gasteiger partial charge is 0.411 e. The fourth-order valence-electron chi connectivity index (χ4n) is 3.30. The molecule has 1 aliphatic carbocycles. The topological polar surface area (TPSA) is 91.8 Å². The van der Waals surface area contributed by atoms with Crippen molar-refractivity contribution in [2.45, 2.75) is 57.4 Å². The molecule has 2 rings (SSSR count). The van der Waals surface area contributed by atoms with Gasteiger partial charge >= 0.3 is 6.09 Å². The van der Waals surface area contributed by atoms with Crippen LogP contribution in [0.2, 0.25) is 0 Å². The number of amides is 1. The second-order valence-corrected chi connectivity index (χ2v) is 8.81. The predicted molar refractivity (Wildman–Crippen MR) is 131 cm³/mol. The van der Waals surface area contributed by atoms with Gasteiger partial charge in [-0.2, -0.15) is 0 Å². The van der Waals surface area contributed by atoms with Gasteiger partial charge in [-0.05, 0) is 43.9 Å². The minimum Gasteiger partial charge on any atom is -0.453 e. The summed E-state index contributed by atoms with van der Waals surface area (Å²) in [4.78, 5) is 15.9. The SMILES string of the molecule is CCNC(=NCc1ccc(NC(=O)OC)cc1)NC1CCCC(S(=O)CC)C1.I. The quantitative estimate of drug-likeness (QED) is 0.281. The monoisotopic (exact) mass is 536 g/mol. The average molecular weight is 536 g/mol. The van der Waals surface area contributed by atoms with E-state index in [4.69, 9.17) is 0 Å². The Morgan fingerprint density at radius 2 is 1.97 bits per heavy atom. The fraction of sp³-hybridized carbons (Fsp3) is 0.600. The van der Waals surface area contributed by atoms with Crippen LogP contribution in [0.5, 0.6) is 0 Å². The first-order valence-electron chi connectivity index (χ1n) is 9.91. The lowest BCUT2D eigenvalue weighted by molar-refractivity contribution is 0.187. The van der Waals surface area contributed by atoms with E-state index in [-0.39, 0.29) is 29.2 Å². The average Bonchev–Trinajstić information content (AvgIpc) is 2.72. The standard InChI is InChI=1S/C20H32N4O3S.HI/c1-4-21-19(23-17-7-6-8-18(13-17)28(26)5-2)22-14-15-9-11-16(12-10-15)24-20(25)27-3;/h9-12,17-18H,4-8,13-14H2,1-3H3,(H,24,25)(H2,21,22,23);1H. The first-order chi connectivity index (χ1) is 13.5. The molecule has 1 aliphatic rings. The van der Waals surface area contributed by atoms with Gasteiger partial charge in [-0.25, -0.2) is 9.79 Å². The van der Waals surface area contributed by atoms with E-state index >= 15 is 0 Å². The van der Waals surface area contributed by atoms with E-state index in [1.54, 1.807) is 0 Å². The Labute approximate surface area is 193 Å². The molecular weight excluding hydrogens is 503 g/mol. The van der Waals surface area contributed by atoms with Crippen LogP contribution in [0.4, 0.5) is 10.5 Å². The highest BCUT2D eigenvalue weighted by Gasteiger charge is 2.26. The maximum absolute atomic E-state index is 12.2. The van der Waals surface area contributed by atoms with Crippen molar-refractivity contribution in [2.75, 3.05) is 24.7 Å². The first-order valence-corrected chi connectivity index (χ1v) is 11.3. The molecule has 0 radical (unpaired) electrons.